The molecule has 3 atom stereocenters. The number of aromatic nitrogens is 1. The van der Waals surface area contributed by atoms with Gasteiger partial charge in [-0.05, 0) is 78.5 Å². The molecule has 6 nitrogen and oxygen atoms in total. The van der Waals surface area contributed by atoms with Gasteiger partial charge >= 0.3 is 12.8 Å². The molecule has 2 heterocycles. The van der Waals surface area contributed by atoms with Crippen LogP contribution < -0.4 is 10.2 Å². The van der Waals surface area contributed by atoms with Crippen LogP contribution >= 0.6 is 0 Å². The summed E-state index contributed by atoms with van der Waals surface area (Å²) in [5.74, 6) is 0.460. The van der Waals surface area contributed by atoms with Crippen LogP contribution in [0.5, 0.6) is 0 Å². The number of nitrogens with one attached hydrogen (secondary N) is 1. The molecule has 1 aromatic heterocycles. The predicted octanol–water partition coefficient (Wildman–Crippen LogP) is 6.15. The van der Waals surface area contributed by atoms with Crippen LogP contribution in [0.15, 0.2) is 71.8 Å². The molecule has 2 aromatic carbocycles. The van der Waals surface area contributed by atoms with Gasteiger partial charge in [-0.25, -0.2) is 4.98 Å². The number of carbonyl (C=O) groups excluding carboxylic acids is 1. The van der Waals surface area contributed by atoms with E-state index >= 15 is 0 Å². The summed E-state index contributed by atoms with van der Waals surface area (Å²) in [6.07, 6.45) is -2.00. The number of piperidine rings is 1. The first-order valence-electron chi connectivity index (χ1n) is 13.1. The van der Waals surface area contributed by atoms with Gasteiger partial charge in [0.15, 0.2) is 4.90 Å². The van der Waals surface area contributed by atoms with E-state index in [4.69, 9.17) is 0 Å². The second kappa shape index (κ2) is 13.6. The van der Waals surface area contributed by atoms with E-state index in [2.05, 4.69) is 15.0 Å². The number of alkyl halides is 5. The molecule has 0 aliphatic carbocycles. The van der Waals surface area contributed by atoms with Crippen molar-refractivity contribution in [2.45, 2.75) is 56.0 Å². The number of carbonyl (C=O) groups is 1. The van der Waals surface area contributed by atoms with Crippen molar-refractivity contribution in [3.05, 3.63) is 89.1 Å². The smallest absolute Gasteiger partial charge is 0.416 e. The summed E-state index contributed by atoms with van der Waals surface area (Å²) < 4.78 is 81.0. The Hall–Kier alpha value is -3.22. The minimum absolute atomic E-state index is 0.147. The van der Waals surface area contributed by atoms with Gasteiger partial charge in [0.25, 0.3) is 5.91 Å². The molecule has 1 fully saturated rings. The quantitative estimate of drug-likeness (QED) is 0.225. The van der Waals surface area contributed by atoms with E-state index in [1.54, 1.807) is 41.3 Å². The van der Waals surface area contributed by atoms with Crippen LogP contribution in [0.1, 0.15) is 52.7 Å². The van der Waals surface area contributed by atoms with Crippen molar-refractivity contribution < 1.29 is 36.0 Å². The molecule has 1 aliphatic rings. The van der Waals surface area contributed by atoms with E-state index in [0.717, 1.165) is 22.6 Å². The highest BCUT2D eigenvalue weighted by Crippen LogP contribution is 2.35. The first-order valence-corrected chi connectivity index (χ1v) is 14.4. The van der Waals surface area contributed by atoms with Crippen LogP contribution in [0.2, 0.25) is 0 Å². The maximum atomic E-state index is 13.0. The molecule has 2 unspecified atom stereocenters. The molecule has 220 valence electrons. The number of benzene rings is 2. The molecule has 1 amide bonds. The van der Waals surface area contributed by atoms with Gasteiger partial charge in [-0.3, -0.25) is 4.79 Å². The van der Waals surface area contributed by atoms with Gasteiger partial charge in [0.05, 0.1) is 23.8 Å². The Labute approximate surface area is 238 Å². The van der Waals surface area contributed by atoms with Crippen molar-refractivity contribution in [1.82, 2.24) is 10.3 Å². The van der Waals surface area contributed by atoms with Gasteiger partial charge in [0.2, 0.25) is 0 Å². The third-order valence-electron chi connectivity index (χ3n) is 7.04. The number of nitrogens with zero attached hydrogens (tertiary/aromatic N) is 2. The Bertz CT molecular complexity index is 1270. The summed E-state index contributed by atoms with van der Waals surface area (Å²) >= 11 is -1.06. The van der Waals surface area contributed by atoms with Crippen LogP contribution in [0.3, 0.4) is 0 Å². The number of pyridine rings is 1. The lowest BCUT2D eigenvalue weighted by atomic mass is 9.87. The zero-order valence-corrected chi connectivity index (χ0v) is 23.1. The topological polar surface area (TPSA) is 77.5 Å². The fraction of sp³-hybridized carbons (Fsp3) is 0.379. The maximum Gasteiger partial charge on any atom is 0.416 e. The number of anilines is 1. The highest BCUT2D eigenvalue weighted by Gasteiger charge is 2.33. The standard InChI is InChI=1S/C29H30F5N3O3S/c1-2-41(39)25-12-3-19(4-13-25)15-36-27(38)21-8-14-26(35-16-21)37-17-22(7-11-24(37)18-40-28(30)31)20-5-9-23(10-6-20)29(32,33)34/h3-6,8-10,12-14,16,22,24,28H,2,7,11,15,17-18H2,1H3,(H,36,38)/t22?,24-,41?/m0/s1. The molecule has 1 N–H and O–H groups in total. The number of amides is 1. The van der Waals surface area contributed by atoms with Gasteiger partial charge in [-0.15, -0.1) is 0 Å². The molecular formula is C29H30F5N3O3S. The Morgan fingerprint density at radius 3 is 2.39 bits per heavy atom. The summed E-state index contributed by atoms with van der Waals surface area (Å²) in [5, 5.41) is 2.81. The fourth-order valence-corrected chi connectivity index (χ4v) is 5.55. The SMILES string of the molecule is CC[S+]([O-])c1ccc(CNC(=O)c2ccc(N3CC(c4ccc(C(F)(F)F)cc4)CC[C@H]3COC(F)F)nc2)cc1. The molecule has 0 radical (unpaired) electrons. The van der Waals surface area contributed by atoms with Crippen molar-refractivity contribution in [1.29, 1.82) is 0 Å². The number of hydrogen-bond donors (Lipinski definition) is 1. The fourth-order valence-electron chi connectivity index (χ4n) is 4.78. The van der Waals surface area contributed by atoms with Gasteiger partial charge in [-0.2, -0.15) is 22.0 Å². The average molecular weight is 596 g/mol. The average Bonchev–Trinajstić information content (AvgIpc) is 2.98. The van der Waals surface area contributed by atoms with Gasteiger partial charge < -0.3 is 19.5 Å². The molecule has 41 heavy (non-hydrogen) atoms. The van der Waals surface area contributed by atoms with E-state index in [1.165, 1.54) is 18.3 Å². The monoisotopic (exact) mass is 595 g/mol. The van der Waals surface area contributed by atoms with Crippen molar-refractivity contribution in [2.75, 3.05) is 23.8 Å². The molecule has 0 spiro atoms. The van der Waals surface area contributed by atoms with Crippen molar-refractivity contribution in [2.24, 2.45) is 0 Å². The minimum atomic E-state index is -4.44. The van der Waals surface area contributed by atoms with Crippen LogP contribution in [0.4, 0.5) is 27.8 Å². The lowest BCUT2D eigenvalue weighted by Gasteiger charge is -2.40. The second-order valence-electron chi connectivity index (χ2n) is 9.66. The molecule has 12 heteroatoms. The highest BCUT2D eigenvalue weighted by molar-refractivity contribution is 7.91. The first-order chi connectivity index (χ1) is 19.5. The van der Waals surface area contributed by atoms with Crippen LogP contribution in [-0.2, 0) is 28.6 Å². The zero-order chi connectivity index (χ0) is 29.6. The molecular weight excluding hydrogens is 565 g/mol. The second-order valence-corrected chi connectivity index (χ2v) is 11.4. The van der Waals surface area contributed by atoms with Crippen molar-refractivity contribution in [3.63, 3.8) is 0 Å². The normalized spacial score (nSPS) is 18.4. The largest absolute Gasteiger partial charge is 0.611 e. The lowest BCUT2D eigenvalue weighted by molar-refractivity contribution is -0.137. The number of ether oxygens (including phenoxy) is 1. The van der Waals surface area contributed by atoms with E-state index in [9.17, 15) is 31.3 Å². The highest BCUT2D eigenvalue weighted by atomic mass is 32.2. The summed E-state index contributed by atoms with van der Waals surface area (Å²) in [4.78, 5) is 19.6. The summed E-state index contributed by atoms with van der Waals surface area (Å²) in [6, 6.07) is 14.9. The first kappa shape index (κ1) is 30.7. The Kier molecular flexibility index (Phi) is 10.2. The lowest BCUT2D eigenvalue weighted by Crippen LogP contribution is -2.46. The van der Waals surface area contributed by atoms with Gasteiger partial charge in [-0.1, -0.05) is 24.3 Å². The third kappa shape index (κ3) is 8.17. The van der Waals surface area contributed by atoms with Gasteiger partial charge in [0.1, 0.15) is 11.6 Å². The molecule has 3 aromatic rings. The Balaban J connectivity index is 1.44. The van der Waals surface area contributed by atoms with E-state index in [-0.39, 0.29) is 25.0 Å². The zero-order valence-electron chi connectivity index (χ0n) is 22.2. The Morgan fingerprint density at radius 1 is 1.10 bits per heavy atom. The van der Waals surface area contributed by atoms with E-state index in [1.807, 2.05) is 6.92 Å². The van der Waals surface area contributed by atoms with E-state index in [0.29, 0.717) is 42.1 Å². The van der Waals surface area contributed by atoms with E-state index < -0.39 is 35.6 Å². The van der Waals surface area contributed by atoms with Crippen molar-refractivity contribution in [3.8, 4) is 0 Å². The van der Waals surface area contributed by atoms with Gasteiger partial charge in [0, 0.05) is 25.2 Å². The van der Waals surface area contributed by atoms with Crippen LogP contribution in [0.25, 0.3) is 0 Å². The molecule has 0 bridgehead atoms. The van der Waals surface area contributed by atoms with Crippen molar-refractivity contribution >= 4 is 22.9 Å². The number of hydrogen-bond acceptors (Lipinski definition) is 5. The summed E-state index contributed by atoms with van der Waals surface area (Å²) in [5.41, 5.74) is 1.11. The van der Waals surface area contributed by atoms with Crippen LogP contribution in [0, 0.1) is 0 Å². The molecule has 1 saturated heterocycles. The predicted molar refractivity (Wildman–Crippen MR) is 145 cm³/mol. The molecule has 0 saturated carbocycles. The Morgan fingerprint density at radius 2 is 1.80 bits per heavy atom. The summed E-state index contributed by atoms with van der Waals surface area (Å²) in [6.45, 7) is -0.753. The van der Waals surface area contributed by atoms with Crippen LogP contribution in [-0.4, -0.2) is 47.0 Å². The summed E-state index contributed by atoms with van der Waals surface area (Å²) in [7, 11) is 0. The molecule has 1 aliphatic heterocycles. The number of halogens is 5. The molecule has 4 rings (SSSR count). The maximum absolute atomic E-state index is 13.0. The minimum Gasteiger partial charge on any atom is -0.611 e. The third-order valence-corrected chi connectivity index (χ3v) is 8.36. The number of rotatable bonds is 10.